The lowest BCUT2D eigenvalue weighted by molar-refractivity contribution is -0.131. The van der Waals surface area contributed by atoms with E-state index in [0.29, 0.717) is 6.54 Å². The van der Waals surface area contributed by atoms with Gasteiger partial charge >= 0.3 is 6.03 Å². The zero-order chi connectivity index (χ0) is 14.1. The van der Waals surface area contributed by atoms with Crippen LogP contribution in [0.25, 0.3) is 0 Å². The molecule has 1 aliphatic carbocycles. The molecule has 0 atom stereocenters. The summed E-state index contributed by atoms with van der Waals surface area (Å²) in [5.41, 5.74) is -0.695. The number of nitrogens with one attached hydrogen (secondary N) is 1. The fourth-order valence-corrected chi connectivity index (χ4v) is 3.85. The van der Waals surface area contributed by atoms with Crippen LogP contribution < -0.4 is 5.32 Å². The Morgan fingerprint density at radius 3 is 2.16 bits per heavy atom. The van der Waals surface area contributed by atoms with E-state index in [4.69, 9.17) is 0 Å². The van der Waals surface area contributed by atoms with Gasteiger partial charge in [-0.1, -0.05) is 41.6 Å². The second-order valence-corrected chi connectivity index (χ2v) is 7.06. The molecule has 1 saturated carbocycles. The number of rotatable bonds is 3. The molecule has 5 heteroatoms. The Labute approximate surface area is 123 Å². The number of halogens is 1. The van der Waals surface area contributed by atoms with Crippen molar-refractivity contribution in [1.29, 1.82) is 0 Å². The van der Waals surface area contributed by atoms with Crippen LogP contribution in [0, 0.1) is 5.41 Å². The summed E-state index contributed by atoms with van der Waals surface area (Å²) in [6, 6.07) is -0.237. The first kappa shape index (κ1) is 14.8. The van der Waals surface area contributed by atoms with Crippen molar-refractivity contribution in [3.63, 3.8) is 0 Å². The van der Waals surface area contributed by atoms with Crippen LogP contribution in [0.1, 0.15) is 52.4 Å². The van der Waals surface area contributed by atoms with Crippen LogP contribution >= 0.6 is 15.9 Å². The van der Waals surface area contributed by atoms with Crippen LogP contribution in [-0.2, 0) is 4.79 Å². The van der Waals surface area contributed by atoms with Crippen LogP contribution in [0.15, 0.2) is 0 Å². The number of carbonyl (C=O) groups excluding carboxylic acids is 2. The molecule has 0 unspecified atom stereocenters. The van der Waals surface area contributed by atoms with Gasteiger partial charge in [0.05, 0.1) is 0 Å². The van der Waals surface area contributed by atoms with Crippen molar-refractivity contribution in [2.24, 2.45) is 5.41 Å². The monoisotopic (exact) mass is 330 g/mol. The Morgan fingerprint density at radius 2 is 1.74 bits per heavy atom. The van der Waals surface area contributed by atoms with Gasteiger partial charge in [-0.25, -0.2) is 4.79 Å². The number of hydrogen-bond donors (Lipinski definition) is 1. The van der Waals surface area contributed by atoms with Gasteiger partial charge in [-0.15, -0.1) is 0 Å². The number of nitrogens with zero attached hydrogens (tertiary/aromatic N) is 1. The Kier molecular flexibility index (Phi) is 4.23. The SMILES string of the molecule is CC1(C)NC(=O)N(CC2(CBr)CCCCCC2)C1=O. The third-order valence-corrected chi connectivity index (χ3v) is 5.58. The Morgan fingerprint density at radius 1 is 1.16 bits per heavy atom. The molecule has 1 aliphatic heterocycles. The second-order valence-electron chi connectivity index (χ2n) is 6.49. The van der Waals surface area contributed by atoms with Gasteiger partial charge in [0.25, 0.3) is 5.91 Å². The van der Waals surface area contributed by atoms with Crippen molar-refractivity contribution in [3.05, 3.63) is 0 Å². The zero-order valence-electron chi connectivity index (χ0n) is 11.8. The van der Waals surface area contributed by atoms with E-state index in [0.717, 1.165) is 18.2 Å². The summed E-state index contributed by atoms with van der Waals surface area (Å²) >= 11 is 3.61. The molecule has 2 rings (SSSR count). The molecule has 0 radical (unpaired) electrons. The summed E-state index contributed by atoms with van der Waals surface area (Å²) in [5.74, 6) is -0.0953. The first-order valence-electron chi connectivity index (χ1n) is 7.10. The average molecular weight is 331 g/mol. The Bertz CT molecular complexity index is 374. The van der Waals surface area contributed by atoms with Crippen molar-refractivity contribution in [1.82, 2.24) is 10.2 Å². The maximum atomic E-state index is 12.3. The molecule has 0 aromatic carbocycles. The van der Waals surface area contributed by atoms with Gasteiger partial charge in [0.2, 0.25) is 0 Å². The van der Waals surface area contributed by atoms with E-state index in [2.05, 4.69) is 21.2 Å². The van der Waals surface area contributed by atoms with Crippen LogP contribution in [0.2, 0.25) is 0 Å². The molecule has 0 bridgehead atoms. The average Bonchev–Trinajstić information content (AvgIpc) is 2.55. The first-order chi connectivity index (χ1) is 8.90. The van der Waals surface area contributed by atoms with Crippen LogP contribution in [0.4, 0.5) is 4.79 Å². The van der Waals surface area contributed by atoms with Gasteiger partial charge < -0.3 is 5.32 Å². The smallest absolute Gasteiger partial charge is 0.324 e. The van der Waals surface area contributed by atoms with Crippen molar-refractivity contribution in [3.8, 4) is 0 Å². The summed E-state index contributed by atoms with van der Waals surface area (Å²) < 4.78 is 0. The van der Waals surface area contributed by atoms with Gasteiger partial charge in [0.1, 0.15) is 5.54 Å². The minimum atomic E-state index is -0.755. The zero-order valence-corrected chi connectivity index (χ0v) is 13.4. The number of carbonyl (C=O) groups is 2. The highest BCUT2D eigenvalue weighted by atomic mass is 79.9. The predicted molar refractivity (Wildman–Crippen MR) is 78.3 cm³/mol. The topological polar surface area (TPSA) is 49.4 Å². The minimum Gasteiger partial charge on any atom is -0.324 e. The van der Waals surface area contributed by atoms with E-state index >= 15 is 0 Å². The number of urea groups is 1. The van der Waals surface area contributed by atoms with E-state index < -0.39 is 5.54 Å². The quantitative estimate of drug-likeness (QED) is 0.491. The van der Waals surface area contributed by atoms with Crippen LogP contribution in [0.3, 0.4) is 0 Å². The summed E-state index contributed by atoms with van der Waals surface area (Å²) in [4.78, 5) is 25.7. The van der Waals surface area contributed by atoms with E-state index in [9.17, 15) is 9.59 Å². The lowest BCUT2D eigenvalue weighted by Gasteiger charge is -2.34. The second kappa shape index (κ2) is 5.43. The van der Waals surface area contributed by atoms with Gasteiger partial charge in [-0.3, -0.25) is 9.69 Å². The Hall–Kier alpha value is -0.580. The number of hydrogen-bond acceptors (Lipinski definition) is 2. The normalized spacial score (nSPS) is 26.2. The van der Waals surface area contributed by atoms with E-state index in [1.165, 1.54) is 30.6 Å². The summed E-state index contributed by atoms with van der Waals surface area (Å²) in [7, 11) is 0. The molecule has 19 heavy (non-hydrogen) atoms. The summed E-state index contributed by atoms with van der Waals surface area (Å²) in [6.07, 6.45) is 7.10. The third kappa shape index (κ3) is 2.96. The summed E-state index contributed by atoms with van der Waals surface area (Å²) in [6.45, 7) is 4.08. The Balaban J connectivity index is 2.14. The number of imide groups is 1. The molecule has 3 amide bonds. The third-order valence-electron chi connectivity index (χ3n) is 4.39. The number of amides is 3. The van der Waals surface area contributed by atoms with Crippen molar-refractivity contribution >= 4 is 27.9 Å². The van der Waals surface area contributed by atoms with E-state index in [1.54, 1.807) is 13.8 Å². The maximum absolute atomic E-state index is 12.3. The highest BCUT2D eigenvalue weighted by Gasteiger charge is 2.47. The molecule has 1 N–H and O–H groups in total. The maximum Gasteiger partial charge on any atom is 0.325 e. The molecule has 2 aliphatic rings. The summed E-state index contributed by atoms with van der Waals surface area (Å²) in [5, 5.41) is 3.62. The highest BCUT2D eigenvalue weighted by Crippen LogP contribution is 2.38. The molecule has 0 aromatic heterocycles. The molecular weight excluding hydrogens is 308 g/mol. The molecule has 0 spiro atoms. The van der Waals surface area contributed by atoms with Crippen molar-refractivity contribution in [2.45, 2.75) is 57.9 Å². The lowest BCUT2D eigenvalue weighted by Crippen LogP contribution is -2.44. The lowest BCUT2D eigenvalue weighted by atomic mass is 9.82. The molecule has 4 nitrogen and oxygen atoms in total. The largest absolute Gasteiger partial charge is 0.325 e. The fraction of sp³-hybridized carbons (Fsp3) is 0.857. The first-order valence-corrected chi connectivity index (χ1v) is 8.22. The number of alkyl halides is 1. The van der Waals surface area contributed by atoms with Crippen LogP contribution in [0.5, 0.6) is 0 Å². The molecule has 1 saturated heterocycles. The van der Waals surface area contributed by atoms with Crippen molar-refractivity contribution in [2.75, 3.05) is 11.9 Å². The van der Waals surface area contributed by atoms with E-state index in [1.807, 2.05) is 0 Å². The highest BCUT2D eigenvalue weighted by molar-refractivity contribution is 9.09. The molecule has 108 valence electrons. The predicted octanol–water partition coefficient (Wildman–Crippen LogP) is 3.05. The van der Waals surface area contributed by atoms with E-state index in [-0.39, 0.29) is 17.4 Å². The fourth-order valence-electron chi connectivity index (χ4n) is 3.11. The van der Waals surface area contributed by atoms with Gasteiger partial charge in [0, 0.05) is 11.9 Å². The molecule has 1 heterocycles. The molecule has 0 aromatic rings. The molecule has 2 fully saturated rings. The van der Waals surface area contributed by atoms with Gasteiger partial charge in [-0.05, 0) is 32.1 Å². The van der Waals surface area contributed by atoms with Crippen molar-refractivity contribution < 1.29 is 9.59 Å². The molecular formula is C14H23BrN2O2. The van der Waals surface area contributed by atoms with Crippen LogP contribution in [-0.4, -0.2) is 34.3 Å². The van der Waals surface area contributed by atoms with Gasteiger partial charge in [-0.2, -0.15) is 0 Å². The minimum absolute atomic E-state index is 0.0594. The standard InChI is InChI=1S/C14H23BrN2O2/c1-13(2)11(18)17(12(19)16-13)10-14(9-15)7-5-3-4-6-8-14/h3-10H2,1-2H3,(H,16,19). The van der Waals surface area contributed by atoms with Gasteiger partial charge in [0.15, 0.2) is 0 Å².